The molecule has 7 heteroatoms. The number of aliphatic hydroxyl groups is 1. The minimum absolute atomic E-state index is 0.00718. The highest BCUT2D eigenvalue weighted by molar-refractivity contribution is 5.83. The van der Waals surface area contributed by atoms with Crippen LogP contribution in [0.1, 0.15) is 44.2 Å². The first-order valence-corrected chi connectivity index (χ1v) is 9.37. The number of benzene rings is 2. The summed E-state index contributed by atoms with van der Waals surface area (Å²) in [4.78, 5) is 24.5. The van der Waals surface area contributed by atoms with Gasteiger partial charge in [0.2, 0.25) is 0 Å². The molecule has 2 aromatic carbocycles. The summed E-state index contributed by atoms with van der Waals surface area (Å²) in [6, 6.07) is 15.5. The van der Waals surface area contributed by atoms with Crippen molar-refractivity contribution in [2.75, 3.05) is 0 Å². The summed E-state index contributed by atoms with van der Waals surface area (Å²) in [5, 5.41) is 21.7. The second-order valence-corrected chi connectivity index (χ2v) is 7.94. The first-order valence-electron chi connectivity index (χ1n) is 9.37. The molecule has 0 spiro atoms. The predicted octanol–water partition coefficient (Wildman–Crippen LogP) is 4.68. The molecule has 2 aromatic rings. The van der Waals surface area contributed by atoms with Crippen molar-refractivity contribution in [2.45, 2.75) is 44.9 Å². The lowest BCUT2D eigenvalue weighted by molar-refractivity contribution is -0.384. The smallest absolute Gasteiger partial charge is 0.416 e. The Hall–Kier alpha value is -3.19. The number of nitrogens with zero attached hydrogens (tertiary/aromatic N) is 2. The molecule has 2 atom stereocenters. The first kappa shape index (κ1) is 20.5. The molecule has 0 radical (unpaired) electrons. The molecule has 1 unspecified atom stereocenters. The van der Waals surface area contributed by atoms with Crippen LogP contribution in [0.15, 0.2) is 60.7 Å². The van der Waals surface area contributed by atoms with Crippen LogP contribution in [-0.2, 0) is 4.74 Å². The molecule has 152 valence electrons. The Labute approximate surface area is 169 Å². The largest absolute Gasteiger partial charge is 0.443 e. The van der Waals surface area contributed by atoms with Gasteiger partial charge < -0.3 is 9.84 Å². The third-order valence-corrected chi connectivity index (χ3v) is 4.57. The third kappa shape index (κ3) is 4.81. The van der Waals surface area contributed by atoms with E-state index in [1.54, 1.807) is 32.9 Å². The lowest BCUT2D eigenvalue weighted by atomic mass is 9.89. The molecule has 0 bridgehead atoms. The van der Waals surface area contributed by atoms with Crippen LogP contribution in [0.2, 0.25) is 0 Å². The minimum atomic E-state index is -1.09. The molecule has 0 saturated carbocycles. The van der Waals surface area contributed by atoms with Gasteiger partial charge in [0, 0.05) is 24.5 Å². The number of hydrogen-bond donors (Lipinski definition) is 1. The van der Waals surface area contributed by atoms with Crippen molar-refractivity contribution in [3.8, 4) is 0 Å². The number of rotatable bonds is 3. The van der Waals surface area contributed by atoms with E-state index in [1.165, 1.54) is 17.0 Å². The minimum Gasteiger partial charge on any atom is -0.443 e. The number of non-ortho nitro benzene ring substituents is 1. The number of aliphatic hydroxyl groups excluding tert-OH is 1. The molecule has 3 rings (SSSR count). The maximum atomic E-state index is 12.8. The molecule has 1 heterocycles. The van der Waals surface area contributed by atoms with Crippen LogP contribution in [0.4, 0.5) is 10.5 Å². The Balaban J connectivity index is 2.01. The van der Waals surface area contributed by atoms with E-state index in [2.05, 4.69) is 0 Å². The normalized spacial score (nSPS) is 19.4. The van der Waals surface area contributed by atoms with E-state index >= 15 is 0 Å². The standard InChI is InChI=1S/C22H24N2O5/c1-22(2,3)29-21(26)23-19(16-7-5-4-6-8-16)13-17(14-20(23)25)15-9-11-18(12-10-15)24(27)28/h4-13,17,20,25H,14H2,1-3H3/t17-,20?/m0/s1. The molecule has 0 saturated heterocycles. The zero-order chi connectivity index (χ0) is 21.2. The summed E-state index contributed by atoms with van der Waals surface area (Å²) >= 11 is 0. The van der Waals surface area contributed by atoms with E-state index in [4.69, 9.17) is 4.74 Å². The van der Waals surface area contributed by atoms with Gasteiger partial charge in [-0.05, 0) is 31.9 Å². The quantitative estimate of drug-likeness (QED) is 0.601. The molecule has 1 N–H and O–H groups in total. The van der Waals surface area contributed by atoms with E-state index in [1.807, 2.05) is 36.4 Å². The predicted molar refractivity (Wildman–Crippen MR) is 109 cm³/mol. The number of ether oxygens (including phenoxy) is 1. The fourth-order valence-electron chi connectivity index (χ4n) is 3.28. The highest BCUT2D eigenvalue weighted by atomic mass is 16.6. The molecule has 1 aliphatic rings. The second kappa shape index (κ2) is 8.05. The van der Waals surface area contributed by atoms with Crippen LogP contribution in [0.5, 0.6) is 0 Å². The number of allylic oxidation sites excluding steroid dienone is 1. The number of carbonyl (C=O) groups is 1. The van der Waals surface area contributed by atoms with Crippen LogP contribution >= 0.6 is 0 Å². The number of hydrogen-bond acceptors (Lipinski definition) is 5. The lowest BCUT2D eigenvalue weighted by Gasteiger charge is -2.37. The third-order valence-electron chi connectivity index (χ3n) is 4.57. The van der Waals surface area contributed by atoms with Gasteiger partial charge in [-0.25, -0.2) is 4.79 Å². The maximum Gasteiger partial charge on any atom is 0.416 e. The molecule has 7 nitrogen and oxygen atoms in total. The van der Waals surface area contributed by atoms with Gasteiger partial charge in [0.25, 0.3) is 5.69 Å². The Morgan fingerprint density at radius 2 is 1.76 bits per heavy atom. The molecule has 0 aromatic heterocycles. The van der Waals surface area contributed by atoms with Gasteiger partial charge in [-0.2, -0.15) is 0 Å². The van der Waals surface area contributed by atoms with Crippen molar-refractivity contribution in [1.29, 1.82) is 0 Å². The Bertz CT molecular complexity index is 916. The molecular formula is C22H24N2O5. The van der Waals surface area contributed by atoms with Crippen molar-refractivity contribution < 1.29 is 19.6 Å². The highest BCUT2D eigenvalue weighted by Gasteiger charge is 2.36. The number of carbonyl (C=O) groups excluding carboxylic acids is 1. The SMILES string of the molecule is CC(C)(C)OC(=O)N1C(c2ccccc2)=C[C@H](c2ccc([N+](=O)[O-])cc2)CC1O. The van der Waals surface area contributed by atoms with Crippen LogP contribution < -0.4 is 0 Å². The zero-order valence-corrected chi connectivity index (χ0v) is 16.6. The summed E-state index contributed by atoms with van der Waals surface area (Å²) in [5.74, 6) is -0.209. The summed E-state index contributed by atoms with van der Waals surface area (Å²) in [7, 11) is 0. The second-order valence-electron chi connectivity index (χ2n) is 7.94. The van der Waals surface area contributed by atoms with Gasteiger partial charge in [0.15, 0.2) is 0 Å². The van der Waals surface area contributed by atoms with E-state index in [0.29, 0.717) is 5.70 Å². The van der Waals surface area contributed by atoms with Crippen molar-refractivity contribution >= 4 is 17.5 Å². The van der Waals surface area contributed by atoms with Gasteiger partial charge in [-0.15, -0.1) is 0 Å². The molecule has 0 aliphatic carbocycles. The Kier molecular flexibility index (Phi) is 5.70. The zero-order valence-electron chi connectivity index (χ0n) is 16.6. The Morgan fingerprint density at radius 1 is 1.14 bits per heavy atom. The van der Waals surface area contributed by atoms with Gasteiger partial charge in [0.05, 0.1) is 10.6 Å². The molecule has 1 aliphatic heterocycles. The molecule has 1 amide bonds. The fourth-order valence-corrected chi connectivity index (χ4v) is 3.28. The van der Waals surface area contributed by atoms with E-state index in [9.17, 15) is 20.0 Å². The highest BCUT2D eigenvalue weighted by Crippen LogP contribution is 2.37. The summed E-state index contributed by atoms with van der Waals surface area (Å²) in [5.41, 5.74) is 1.44. The van der Waals surface area contributed by atoms with Crippen LogP contribution in [0.3, 0.4) is 0 Å². The Morgan fingerprint density at radius 3 is 2.31 bits per heavy atom. The monoisotopic (exact) mass is 396 g/mol. The van der Waals surface area contributed by atoms with Crippen molar-refractivity contribution in [1.82, 2.24) is 4.90 Å². The van der Waals surface area contributed by atoms with Gasteiger partial charge in [0.1, 0.15) is 11.8 Å². The summed E-state index contributed by atoms with van der Waals surface area (Å²) in [6.07, 6.45) is 0.438. The summed E-state index contributed by atoms with van der Waals surface area (Å²) in [6.45, 7) is 5.31. The lowest BCUT2D eigenvalue weighted by Crippen LogP contribution is -2.44. The summed E-state index contributed by atoms with van der Waals surface area (Å²) < 4.78 is 5.49. The van der Waals surface area contributed by atoms with Gasteiger partial charge in [-0.1, -0.05) is 48.5 Å². The average Bonchev–Trinajstić information content (AvgIpc) is 2.66. The molecule has 29 heavy (non-hydrogen) atoms. The number of amides is 1. The van der Waals surface area contributed by atoms with E-state index < -0.39 is 22.8 Å². The first-order chi connectivity index (χ1) is 13.7. The van der Waals surface area contributed by atoms with Crippen molar-refractivity contribution in [3.63, 3.8) is 0 Å². The van der Waals surface area contributed by atoms with Crippen molar-refractivity contribution in [3.05, 3.63) is 81.9 Å². The number of nitro groups is 1. The number of nitro benzene ring substituents is 1. The average molecular weight is 396 g/mol. The van der Waals surface area contributed by atoms with Crippen molar-refractivity contribution in [2.24, 2.45) is 0 Å². The van der Waals surface area contributed by atoms with E-state index in [0.717, 1.165) is 11.1 Å². The van der Waals surface area contributed by atoms with Crippen LogP contribution in [-0.4, -0.2) is 32.9 Å². The topological polar surface area (TPSA) is 92.9 Å². The van der Waals surface area contributed by atoms with Crippen LogP contribution in [0.25, 0.3) is 5.70 Å². The maximum absolute atomic E-state index is 12.8. The van der Waals surface area contributed by atoms with Crippen LogP contribution in [0, 0.1) is 10.1 Å². The van der Waals surface area contributed by atoms with Gasteiger partial charge in [-0.3, -0.25) is 15.0 Å². The molecule has 0 fully saturated rings. The molecular weight excluding hydrogens is 372 g/mol. The van der Waals surface area contributed by atoms with E-state index in [-0.39, 0.29) is 18.0 Å². The fraction of sp³-hybridized carbons (Fsp3) is 0.318. The van der Waals surface area contributed by atoms with Gasteiger partial charge >= 0.3 is 6.09 Å².